The first-order valence-corrected chi connectivity index (χ1v) is 11.3. The van der Waals surface area contributed by atoms with E-state index in [9.17, 15) is 0 Å². The lowest BCUT2D eigenvalue weighted by Gasteiger charge is -2.16. The molecule has 0 unspecified atom stereocenters. The summed E-state index contributed by atoms with van der Waals surface area (Å²) < 4.78 is 7.30. The molecule has 8 heteroatoms. The van der Waals surface area contributed by atoms with E-state index in [1.165, 1.54) is 18.4 Å². The van der Waals surface area contributed by atoms with Crippen molar-refractivity contribution < 1.29 is 4.74 Å². The van der Waals surface area contributed by atoms with Crippen LogP contribution in [-0.2, 0) is 19.4 Å². The van der Waals surface area contributed by atoms with E-state index in [4.69, 9.17) is 31.4 Å². The second kappa shape index (κ2) is 9.12. The van der Waals surface area contributed by atoms with E-state index in [0.29, 0.717) is 18.0 Å². The number of fused-ring (bicyclic) bond motifs is 1. The average molecular weight is 449 g/mol. The Kier molecular flexibility index (Phi) is 5.90. The van der Waals surface area contributed by atoms with E-state index in [0.717, 1.165) is 53.8 Å². The predicted octanol–water partition coefficient (Wildman–Crippen LogP) is 4.32. The lowest BCUT2D eigenvalue weighted by molar-refractivity contribution is 0.414. The van der Waals surface area contributed by atoms with Crippen molar-refractivity contribution in [2.45, 2.75) is 32.2 Å². The van der Waals surface area contributed by atoms with Crippen LogP contribution in [0.3, 0.4) is 0 Å². The Morgan fingerprint density at radius 2 is 1.78 bits per heavy atom. The Morgan fingerprint density at radius 3 is 2.56 bits per heavy atom. The quantitative estimate of drug-likeness (QED) is 0.419. The Labute approximate surface area is 192 Å². The van der Waals surface area contributed by atoms with Gasteiger partial charge in [0.05, 0.1) is 30.4 Å². The molecule has 0 saturated carbocycles. The van der Waals surface area contributed by atoms with Crippen molar-refractivity contribution in [1.82, 2.24) is 24.7 Å². The zero-order valence-electron chi connectivity index (χ0n) is 18.0. The van der Waals surface area contributed by atoms with Crippen molar-refractivity contribution in [3.63, 3.8) is 0 Å². The lowest BCUT2D eigenvalue weighted by Crippen LogP contribution is -2.22. The fraction of sp³-hybridized carbons (Fsp3) is 0.333. The normalized spacial score (nSPS) is 13.8. The molecule has 0 N–H and O–H groups in total. The third-order valence-electron chi connectivity index (χ3n) is 5.74. The highest BCUT2D eigenvalue weighted by atomic mass is 35.5. The van der Waals surface area contributed by atoms with Crippen molar-refractivity contribution in [3.8, 4) is 5.75 Å². The van der Waals surface area contributed by atoms with Crippen molar-refractivity contribution in [2.75, 3.05) is 25.1 Å². The van der Waals surface area contributed by atoms with Gasteiger partial charge in [-0.05, 0) is 55.2 Å². The average Bonchev–Trinajstić information content (AvgIpc) is 3.48. The standard InChI is InChI=1S/C24H25ClN6O/c1-32-20-8-4-17(5-9-20)16-31-24(30-12-2-3-13-30)28-23(29-31)11-7-19-15-26-21-10-6-18(25)14-22(21)27-19/h4-6,8-10,14-15H,2-3,7,11-13,16H2,1H3. The molecular weight excluding hydrogens is 424 g/mol. The number of nitrogens with zero attached hydrogens (tertiary/aromatic N) is 6. The van der Waals surface area contributed by atoms with E-state index in [1.54, 1.807) is 7.11 Å². The molecule has 4 aromatic rings. The first-order chi connectivity index (χ1) is 15.7. The van der Waals surface area contributed by atoms with Gasteiger partial charge in [0.15, 0.2) is 5.82 Å². The number of anilines is 1. The molecule has 0 amide bonds. The fourth-order valence-corrected chi connectivity index (χ4v) is 4.20. The Hall–Kier alpha value is -3.19. The molecule has 5 rings (SSSR count). The smallest absolute Gasteiger partial charge is 0.224 e. The molecule has 3 heterocycles. The maximum Gasteiger partial charge on any atom is 0.224 e. The monoisotopic (exact) mass is 448 g/mol. The molecule has 0 radical (unpaired) electrons. The first kappa shape index (κ1) is 20.7. The number of methoxy groups -OCH3 is 1. The van der Waals surface area contributed by atoms with E-state index in [1.807, 2.05) is 41.2 Å². The van der Waals surface area contributed by atoms with E-state index >= 15 is 0 Å². The highest BCUT2D eigenvalue weighted by Gasteiger charge is 2.20. The Bertz CT molecular complexity index is 1220. The second-order valence-electron chi connectivity index (χ2n) is 8.02. The summed E-state index contributed by atoms with van der Waals surface area (Å²) in [4.78, 5) is 16.4. The number of hydrogen-bond acceptors (Lipinski definition) is 6. The van der Waals surface area contributed by atoms with Gasteiger partial charge in [-0.25, -0.2) is 9.67 Å². The minimum absolute atomic E-state index is 0.665. The Morgan fingerprint density at radius 1 is 0.969 bits per heavy atom. The number of aromatic nitrogens is 5. The van der Waals surface area contributed by atoms with Gasteiger partial charge in [0.1, 0.15) is 5.75 Å². The molecular formula is C24H25ClN6O. The van der Waals surface area contributed by atoms with Crippen LogP contribution < -0.4 is 9.64 Å². The molecule has 32 heavy (non-hydrogen) atoms. The minimum Gasteiger partial charge on any atom is -0.497 e. The van der Waals surface area contributed by atoms with Gasteiger partial charge < -0.3 is 9.64 Å². The SMILES string of the molecule is COc1ccc(Cn2nc(CCc3cnc4ccc(Cl)cc4n3)nc2N2CCCC2)cc1. The maximum atomic E-state index is 6.11. The Balaban J connectivity index is 1.35. The largest absolute Gasteiger partial charge is 0.497 e. The summed E-state index contributed by atoms with van der Waals surface area (Å²) in [6, 6.07) is 13.7. The van der Waals surface area contributed by atoms with Crippen molar-refractivity contribution in [1.29, 1.82) is 0 Å². The van der Waals surface area contributed by atoms with Gasteiger partial charge in [-0.2, -0.15) is 10.1 Å². The summed E-state index contributed by atoms with van der Waals surface area (Å²) in [6.07, 6.45) is 5.64. The highest BCUT2D eigenvalue weighted by molar-refractivity contribution is 6.31. The van der Waals surface area contributed by atoms with Crippen LogP contribution in [0.2, 0.25) is 5.02 Å². The summed E-state index contributed by atoms with van der Waals surface area (Å²) in [7, 11) is 1.68. The van der Waals surface area contributed by atoms with Crippen LogP contribution in [0.4, 0.5) is 5.95 Å². The number of aryl methyl sites for hydroxylation is 2. The summed E-state index contributed by atoms with van der Waals surface area (Å²) in [5.74, 6) is 2.63. The zero-order valence-corrected chi connectivity index (χ0v) is 18.8. The van der Waals surface area contributed by atoms with Gasteiger partial charge in [-0.3, -0.25) is 4.98 Å². The van der Waals surface area contributed by atoms with Gasteiger partial charge in [0.25, 0.3) is 0 Å². The molecule has 1 saturated heterocycles. The minimum atomic E-state index is 0.665. The molecule has 0 spiro atoms. The van der Waals surface area contributed by atoms with Crippen LogP contribution in [0, 0.1) is 0 Å². The van der Waals surface area contributed by atoms with Gasteiger partial charge in [-0.1, -0.05) is 23.7 Å². The van der Waals surface area contributed by atoms with Crippen LogP contribution in [0.5, 0.6) is 5.75 Å². The molecule has 2 aromatic carbocycles. The van der Waals surface area contributed by atoms with Gasteiger partial charge in [-0.15, -0.1) is 0 Å². The summed E-state index contributed by atoms with van der Waals surface area (Å²) in [5.41, 5.74) is 3.73. The van der Waals surface area contributed by atoms with E-state index in [2.05, 4.69) is 22.0 Å². The molecule has 2 aromatic heterocycles. The fourth-order valence-electron chi connectivity index (χ4n) is 4.03. The third kappa shape index (κ3) is 4.53. The number of rotatable bonds is 7. The van der Waals surface area contributed by atoms with Crippen molar-refractivity contribution >= 4 is 28.6 Å². The topological polar surface area (TPSA) is 69.0 Å². The zero-order chi connectivity index (χ0) is 21.9. The van der Waals surface area contributed by atoms with Crippen molar-refractivity contribution in [3.05, 3.63) is 70.8 Å². The van der Waals surface area contributed by atoms with E-state index < -0.39 is 0 Å². The number of benzene rings is 2. The molecule has 0 aliphatic carbocycles. The van der Waals surface area contributed by atoms with Crippen LogP contribution in [0.25, 0.3) is 11.0 Å². The molecule has 1 fully saturated rings. The molecule has 7 nitrogen and oxygen atoms in total. The van der Waals surface area contributed by atoms with Gasteiger partial charge in [0.2, 0.25) is 5.95 Å². The van der Waals surface area contributed by atoms with Gasteiger partial charge >= 0.3 is 0 Å². The van der Waals surface area contributed by atoms with Crippen LogP contribution in [0.1, 0.15) is 29.9 Å². The second-order valence-corrected chi connectivity index (χ2v) is 8.46. The summed E-state index contributed by atoms with van der Waals surface area (Å²) in [6.45, 7) is 2.73. The van der Waals surface area contributed by atoms with Crippen molar-refractivity contribution in [2.24, 2.45) is 0 Å². The molecule has 164 valence electrons. The summed E-state index contributed by atoms with van der Waals surface area (Å²) >= 11 is 6.11. The van der Waals surface area contributed by atoms with Crippen LogP contribution in [-0.4, -0.2) is 44.9 Å². The number of hydrogen-bond donors (Lipinski definition) is 0. The number of ether oxygens (including phenoxy) is 1. The molecule has 1 aliphatic heterocycles. The summed E-state index contributed by atoms with van der Waals surface area (Å²) in [5, 5.41) is 5.51. The van der Waals surface area contributed by atoms with Crippen LogP contribution in [0.15, 0.2) is 48.7 Å². The predicted molar refractivity (Wildman–Crippen MR) is 126 cm³/mol. The van der Waals surface area contributed by atoms with Gasteiger partial charge in [0, 0.05) is 30.7 Å². The van der Waals surface area contributed by atoms with E-state index in [-0.39, 0.29) is 0 Å². The third-order valence-corrected chi connectivity index (χ3v) is 5.97. The lowest BCUT2D eigenvalue weighted by atomic mass is 10.2. The first-order valence-electron chi connectivity index (χ1n) is 10.9. The molecule has 1 aliphatic rings. The highest BCUT2D eigenvalue weighted by Crippen LogP contribution is 2.21. The van der Waals surface area contributed by atoms with Crippen LogP contribution >= 0.6 is 11.6 Å². The molecule has 0 atom stereocenters. The number of halogens is 1. The maximum absolute atomic E-state index is 6.11. The molecule has 0 bridgehead atoms.